The van der Waals surface area contributed by atoms with E-state index in [4.69, 9.17) is 9.26 Å². The lowest BCUT2D eigenvalue weighted by atomic mass is 10.3. The number of aryl methyl sites for hydroxylation is 1. The Kier molecular flexibility index (Phi) is 5.35. The zero-order valence-corrected chi connectivity index (χ0v) is 15.7. The van der Waals surface area contributed by atoms with Gasteiger partial charge in [0, 0.05) is 19.5 Å². The highest BCUT2D eigenvalue weighted by molar-refractivity contribution is 7.98. The SMILES string of the molecule is CCc1noc(CSc2nnc(N3CCOCC3)n2-c2cccc(F)c2)n1. The van der Waals surface area contributed by atoms with Crippen molar-refractivity contribution in [3.63, 3.8) is 0 Å². The molecule has 1 aromatic carbocycles. The quantitative estimate of drug-likeness (QED) is 0.594. The third-order valence-electron chi connectivity index (χ3n) is 4.13. The molecule has 142 valence electrons. The van der Waals surface area contributed by atoms with Crippen LogP contribution < -0.4 is 4.90 Å². The van der Waals surface area contributed by atoms with Crippen molar-refractivity contribution in [2.24, 2.45) is 0 Å². The van der Waals surface area contributed by atoms with Gasteiger partial charge in [0.25, 0.3) is 0 Å². The molecule has 4 rings (SSSR count). The molecule has 1 fully saturated rings. The Bertz CT molecular complexity index is 908. The first-order valence-electron chi connectivity index (χ1n) is 8.73. The van der Waals surface area contributed by atoms with Crippen molar-refractivity contribution < 1.29 is 13.7 Å². The summed E-state index contributed by atoms with van der Waals surface area (Å²) in [6.45, 7) is 4.64. The maximum Gasteiger partial charge on any atom is 0.237 e. The Morgan fingerprint density at radius 3 is 2.81 bits per heavy atom. The van der Waals surface area contributed by atoms with Gasteiger partial charge in [0.2, 0.25) is 11.8 Å². The third-order valence-corrected chi connectivity index (χ3v) is 5.04. The summed E-state index contributed by atoms with van der Waals surface area (Å²) in [7, 11) is 0. The molecule has 3 heterocycles. The second-order valence-corrected chi connectivity index (χ2v) is 6.89. The fraction of sp³-hybridized carbons (Fsp3) is 0.412. The smallest absolute Gasteiger partial charge is 0.237 e. The molecule has 0 aliphatic carbocycles. The molecule has 0 amide bonds. The summed E-state index contributed by atoms with van der Waals surface area (Å²) in [6.07, 6.45) is 0.717. The second-order valence-electron chi connectivity index (χ2n) is 5.94. The number of thioether (sulfide) groups is 1. The Labute approximate surface area is 159 Å². The molecular weight excluding hydrogens is 371 g/mol. The van der Waals surface area contributed by atoms with Gasteiger partial charge in [0.1, 0.15) is 5.82 Å². The van der Waals surface area contributed by atoms with Crippen LogP contribution in [0.4, 0.5) is 10.3 Å². The number of benzene rings is 1. The van der Waals surface area contributed by atoms with Crippen molar-refractivity contribution in [2.75, 3.05) is 31.2 Å². The summed E-state index contributed by atoms with van der Waals surface area (Å²) in [4.78, 5) is 6.40. The number of rotatable bonds is 6. The first-order chi connectivity index (χ1) is 13.2. The maximum absolute atomic E-state index is 13.8. The Hall–Kier alpha value is -2.46. The first-order valence-corrected chi connectivity index (χ1v) is 9.71. The van der Waals surface area contributed by atoms with Crippen LogP contribution in [0.5, 0.6) is 0 Å². The van der Waals surface area contributed by atoms with E-state index in [1.165, 1.54) is 23.9 Å². The van der Waals surface area contributed by atoms with Crippen LogP contribution in [0.15, 0.2) is 33.9 Å². The lowest BCUT2D eigenvalue weighted by Gasteiger charge is -2.27. The van der Waals surface area contributed by atoms with Crippen molar-refractivity contribution in [3.05, 3.63) is 41.8 Å². The van der Waals surface area contributed by atoms with Crippen molar-refractivity contribution in [1.29, 1.82) is 0 Å². The van der Waals surface area contributed by atoms with Gasteiger partial charge in [-0.1, -0.05) is 29.9 Å². The Balaban J connectivity index is 1.64. The monoisotopic (exact) mass is 390 g/mol. The van der Waals surface area contributed by atoms with E-state index < -0.39 is 0 Å². The molecule has 27 heavy (non-hydrogen) atoms. The van der Waals surface area contributed by atoms with Crippen LogP contribution >= 0.6 is 11.8 Å². The van der Waals surface area contributed by atoms with E-state index >= 15 is 0 Å². The second kappa shape index (κ2) is 8.05. The van der Waals surface area contributed by atoms with Gasteiger partial charge in [-0.2, -0.15) is 4.98 Å². The molecule has 0 N–H and O–H groups in total. The average Bonchev–Trinajstić information content (AvgIpc) is 3.34. The highest BCUT2D eigenvalue weighted by Crippen LogP contribution is 2.29. The van der Waals surface area contributed by atoms with Gasteiger partial charge in [-0.05, 0) is 18.2 Å². The molecule has 0 atom stereocenters. The number of hydrogen-bond donors (Lipinski definition) is 0. The van der Waals surface area contributed by atoms with Crippen LogP contribution in [-0.4, -0.2) is 51.2 Å². The molecule has 10 heteroatoms. The van der Waals surface area contributed by atoms with E-state index in [0.29, 0.717) is 60.6 Å². The zero-order chi connectivity index (χ0) is 18.6. The predicted octanol–water partition coefficient (Wildman–Crippen LogP) is 2.48. The minimum Gasteiger partial charge on any atom is -0.378 e. The molecule has 1 saturated heterocycles. The minimum absolute atomic E-state index is 0.311. The third kappa shape index (κ3) is 3.96. The maximum atomic E-state index is 13.8. The summed E-state index contributed by atoms with van der Waals surface area (Å²) in [6, 6.07) is 6.40. The molecule has 1 aliphatic rings. The Morgan fingerprint density at radius 1 is 1.22 bits per heavy atom. The number of morpholine rings is 1. The number of nitrogens with zero attached hydrogens (tertiary/aromatic N) is 6. The van der Waals surface area contributed by atoms with Crippen molar-refractivity contribution in [1.82, 2.24) is 24.9 Å². The summed E-state index contributed by atoms with van der Waals surface area (Å²) >= 11 is 1.42. The van der Waals surface area contributed by atoms with E-state index in [0.717, 1.165) is 6.42 Å². The van der Waals surface area contributed by atoms with Crippen LogP contribution in [-0.2, 0) is 16.9 Å². The van der Waals surface area contributed by atoms with E-state index in [2.05, 4.69) is 25.2 Å². The van der Waals surface area contributed by atoms with Crippen LogP contribution in [0, 0.1) is 5.82 Å². The van der Waals surface area contributed by atoms with Gasteiger partial charge in [0.15, 0.2) is 11.0 Å². The summed E-state index contributed by atoms with van der Waals surface area (Å²) in [5.74, 6) is 2.02. The fourth-order valence-corrected chi connectivity index (χ4v) is 3.57. The van der Waals surface area contributed by atoms with Crippen molar-refractivity contribution in [2.45, 2.75) is 24.3 Å². The van der Waals surface area contributed by atoms with Crippen LogP contribution in [0.3, 0.4) is 0 Å². The summed E-state index contributed by atoms with van der Waals surface area (Å²) in [5, 5.41) is 13.2. The van der Waals surface area contributed by atoms with Crippen molar-refractivity contribution >= 4 is 17.7 Å². The molecule has 1 aliphatic heterocycles. The normalized spacial score (nSPS) is 14.7. The van der Waals surface area contributed by atoms with E-state index in [9.17, 15) is 4.39 Å². The lowest BCUT2D eigenvalue weighted by Crippen LogP contribution is -2.37. The first kappa shape index (κ1) is 17.9. The van der Waals surface area contributed by atoms with Crippen LogP contribution in [0.2, 0.25) is 0 Å². The van der Waals surface area contributed by atoms with Gasteiger partial charge < -0.3 is 14.2 Å². The highest BCUT2D eigenvalue weighted by atomic mass is 32.2. The summed E-state index contributed by atoms with van der Waals surface area (Å²) in [5.41, 5.74) is 0.670. The van der Waals surface area contributed by atoms with Gasteiger partial charge in [-0.15, -0.1) is 10.2 Å². The number of halogens is 1. The van der Waals surface area contributed by atoms with E-state index in [1.54, 1.807) is 6.07 Å². The van der Waals surface area contributed by atoms with Crippen LogP contribution in [0.1, 0.15) is 18.6 Å². The number of ether oxygens (including phenoxy) is 1. The zero-order valence-electron chi connectivity index (χ0n) is 14.8. The molecule has 0 bridgehead atoms. The highest BCUT2D eigenvalue weighted by Gasteiger charge is 2.22. The van der Waals surface area contributed by atoms with Crippen molar-refractivity contribution in [3.8, 4) is 5.69 Å². The Morgan fingerprint density at radius 2 is 2.07 bits per heavy atom. The summed E-state index contributed by atoms with van der Waals surface area (Å²) < 4.78 is 26.3. The average molecular weight is 390 g/mol. The number of aromatic nitrogens is 5. The van der Waals surface area contributed by atoms with Crippen LogP contribution in [0.25, 0.3) is 5.69 Å². The molecule has 3 aromatic rings. The lowest BCUT2D eigenvalue weighted by molar-refractivity contribution is 0.122. The molecule has 0 unspecified atom stereocenters. The number of anilines is 1. The molecule has 8 nitrogen and oxygen atoms in total. The van der Waals surface area contributed by atoms with E-state index in [-0.39, 0.29) is 5.82 Å². The standard InChI is InChI=1S/C17H19FN6O2S/c1-2-14-19-15(26-22-14)11-27-17-21-20-16(23-6-8-25-9-7-23)24(17)13-5-3-4-12(18)10-13/h3-5,10H,2,6-9,11H2,1H3. The molecule has 0 radical (unpaired) electrons. The fourth-order valence-electron chi connectivity index (χ4n) is 2.78. The van der Waals surface area contributed by atoms with E-state index in [1.807, 2.05) is 17.6 Å². The van der Waals surface area contributed by atoms with Gasteiger partial charge in [0.05, 0.1) is 24.7 Å². The number of hydrogen-bond acceptors (Lipinski definition) is 8. The van der Waals surface area contributed by atoms with Gasteiger partial charge in [-0.3, -0.25) is 4.57 Å². The minimum atomic E-state index is -0.311. The van der Waals surface area contributed by atoms with Gasteiger partial charge in [-0.25, -0.2) is 4.39 Å². The molecular formula is C17H19FN6O2S. The predicted molar refractivity (Wildman–Crippen MR) is 97.6 cm³/mol. The topological polar surface area (TPSA) is 82.1 Å². The molecule has 2 aromatic heterocycles. The largest absolute Gasteiger partial charge is 0.378 e. The molecule has 0 saturated carbocycles. The molecule has 0 spiro atoms. The van der Waals surface area contributed by atoms with Gasteiger partial charge >= 0.3 is 0 Å².